The van der Waals surface area contributed by atoms with Crippen molar-refractivity contribution in [3.63, 3.8) is 0 Å². The van der Waals surface area contributed by atoms with Gasteiger partial charge in [0.05, 0.1) is 37.0 Å². The summed E-state index contributed by atoms with van der Waals surface area (Å²) in [5.74, 6) is 0.840. The van der Waals surface area contributed by atoms with Crippen LogP contribution < -0.4 is 46.7 Å². The number of hydrogen-bond acceptors (Lipinski definition) is 22. The first kappa shape index (κ1) is 83.5. The average Bonchev–Trinajstić information content (AvgIpc) is 1.60. The third-order valence-corrected chi connectivity index (χ3v) is 25.6. The maximum absolute atomic E-state index is 13.3. The number of methoxy groups -OCH3 is 3. The van der Waals surface area contributed by atoms with Crippen molar-refractivity contribution in [3.05, 3.63) is 165 Å². The third kappa shape index (κ3) is 21.7. The summed E-state index contributed by atoms with van der Waals surface area (Å²) in [5, 5.41) is 30.4. The van der Waals surface area contributed by atoms with Crippen LogP contribution in [-0.2, 0) is 26.4 Å². The van der Waals surface area contributed by atoms with Gasteiger partial charge < -0.3 is 75.5 Å². The van der Waals surface area contributed by atoms with Crippen LogP contribution in [0.4, 0.5) is 51.4 Å². The Hall–Kier alpha value is -8.44. The lowest BCUT2D eigenvalue weighted by Crippen LogP contribution is -2.55. The van der Waals surface area contributed by atoms with Gasteiger partial charge in [0.15, 0.2) is 11.5 Å². The van der Waals surface area contributed by atoms with Gasteiger partial charge in [-0.05, 0) is 276 Å². The maximum Gasteiger partial charge on any atom is 0.278 e. The van der Waals surface area contributed by atoms with Crippen molar-refractivity contribution in [2.24, 2.45) is 21.7 Å². The summed E-state index contributed by atoms with van der Waals surface area (Å²) in [5.41, 5.74) is 14.9. The number of ether oxygens (including phenoxy) is 3. The number of fused-ring (bicyclic) bond motifs is 1. The topological polar surface area (TPSA) is 290 Å². The van der Waals surface area contributed by atoms with E-state index in [2.05, 4.69) is 85.7 Å². The fourth-order valence-electron chi connectivity index (χ4n) is 17.9. The molecule has 8 aliphatic rings. The predicted molar refractivity (Wildman–Crippen MR) is 443 cm³/mol. The fourth-order valence-corrected chi connectivity index (χ4v) is 17.9. The Kier molecular flexibility index (Phi) is 29.2. The van der Waals surface area contributed by atoms with Crippen LogP contribution in [0.5, 0.6) is 0 Å². The van der Waals surface area contributed by atoms with E-state index < -0.39 is 5.60 Å². The SMILES string of the molecule is C=CCn1c(=O)c2cnc(Nc3ccc(N4CCC5(CCN(CCOC)CC5)CC4)cc3)nc2n1-c1cccc(C(C)(C)O)n1.COCCN1CCC2(CC1)CCN(c1ccc(N)cc1)CC2.COCCN1CCC2(CC1)CCN(c1ccc([N+](=O)[O-])cc1)CC2.O=[NH+]c1ccc(N2CCC3(CCNCC3)CC2)cc1.[OH-]. The number of nitrogens with two attached hydrogens (primary N) is 1. The molecule has 26 heteroatoms. The van der Waals surface area contributed by atoms with E-state index in [4.69, 9.17) is 24.9 Å². The molecule has 7 aromatic rings. The lowest BCUT2D eigenvalue weighted by Gasteiger charge is -2.47. The number of nitro benzene ring substituents is 1. The smallest absolute Gasteiger partial charge is 0.278 e. The van der Waals surface area contributed by atoms with Crippen molar-refractivity contribution in [1.29, 1.82) is 0 Å². The number of nitrogens with one attached hydrogen (secondary N) is 3. The summed E-state index contributed by atoms with van der Waals surface area (Å²) in [7, 11) is 5.33. The van der Waals surface area contributed by atoms with Crippen LogP contribution in [0.2, 0.25) is 0 Å². The molecular weight excluding hydrogens is 1400 g/mol. The number of non-ortho nitro benzene ring substituents is 1. The fraction of sp³-hybridized carbons (Fsp3) is 0.576. The standard InChI is InChI=1S/C34H44N8O3.C18H27N3O3.C18H29N3O.C15H21N3O.H2O/c1-5-17-41-31(43)27-24-35-32(38-30(27)42(41)29-8-6-7-28(37-29)33(2,3)44)36-25-9-11-26(12-10-25)40-20-15-34(16-21-40)13-18-39(19-14-34)22-23-45-4;1-24-15-14-19-10-6-18(7-11-19)8-12-20(13-9-18)16-2-4-17(5-3-16)21(22)23;1-22-15-14-20-10-6-18(7-11-20)8-12-21(13-9-18)17-4-2-16(19)3-5-17;19-17-13-1-3-14(4-2-13)18-11-7-15(8-12-18)5-9-16-10-6-15;/h5-12,24,44H,1,13-23H2,2-4H3,(H,35,36,38);2-5H,6-15H2,1H3;2-5H,6-15,19H2,1H3;1-4,16H,5-12H2;1H2. The number of nitro groups is 1. The van der Waals surface area contributed by atoms with E-state index in [9.17, 15) is 24.9 Å². The Balaban J connectivity index is 0.000000157. The van der Waals surface area contributed by atoms with Gasteiger partial charge in [0.2, 0.25) is 5.95 Å². The van der Waals surface area contributed by atoms with Gasteiger partial charge in [-0.25, -0.2) is 19.3 Å². The molecule has 602 valence electrons. The van der Waals surface area contributed by atoms with Gasteiger partial charge in [-0.1, -0.05) is 12.1 Å². The number of hydrogen-bond donors (Lipinski definition) is 5. The minimum absolute atomic E-state index is 0. The number of piperidine rings is 8. The zero-order valence-electron chi connectivity index (χ0n) is 66.6. The summed E-state index contributed by atoms with van der Waals surface area (Å²) in [6, 6.07) is 36.8. The van der Waals surface area contributed by atoms with E-state index in [0.717, 1.165) is 95.8 Å². The number of nitrogens with zero attached hydrogens (tertiary/aromatic N) is 13. The molecule has 0 aliphatic carbocycles. The molecular formula is C85H123N17O9. The molecule has 15 rings (SSSR count). The number of aliphatic hydroxyl groups is 1. The number of rotatable bonds is 21. The minimum Gasteiger partial charge on any atom is -0.870 e. The molecule has 26 nitrogen and oxygen atoms in total. The second-order valence-electron chi connectivity index (χ2n) is 32.7. The minimum atomic E-state index is -1.14. The van der Waals surface area contributed by atoms with E-state index in [1.165, 1.54) is 190 Å². The number of anilines is 7. The highest BCUT2D eigenvalue weighted by Crippen LogP contribution is 2.46. The Bertz CT molecular complexity index is 4080. The molecule has 4 spiro atoms. The van der Waals surface area contributed by atoms with Crippen molar-refractivity contribution in [2.45, 2.75) is 129 Å². The second kappa shape index (κ2) is 38.9. The molecule has 0 atom stereocenters. The Morgan fingerprint density at radius 3 is 1.35 bits per heavy atom. The molecule has 0 amide bonds. The van der Waals surface area contributed by atoms with Gasteiger partial charge in [-0.15, -0.1) is 6.58 Å². The van der Waals surface area contributed by atoms with Crippen molar-refractivity contribution in [2.75, 3.05) is 196 Å². The quantitative estimate of drug-likeness (QED) is 0.0193. The van der Waals surface area contributed by atoms with Gasteiger partial charge in [-0.3, -0.25) is 14.9 Å². The van der Waals surface area contributed by atoms with Crippen LogP contribution in [0.15, 0.2) is 139 Å². The third-order valence-electron chi connectivity index (χ3n) is 25.6. The van der Waals surface area contributed by atoms with Gasteiger partial charge in [-0.2, -0.15) is 4.98 Å². The molecule has 8 fully saturated rings. The Labute approximate surface area is 656 Å². The number of likely N-dealkylation sites (tertiary alicyclic amines) is 3. The van der Waals surface area contributed by atoms with E-state index in [0.29, 0.717) is 55.8 Å². The highest BCUT2D eigenvalue weighted by atomic mass is 16.6. The molecule has 11 heterocycles. The summed E-state index contributed by atoms with van der Waals surface area (Å²) in [4.78, 5) is 65.6. The van der Waals surface area contributed by atoms with Gasteiger partial charge in [0, 0.05) is 168 Å². The van der Waals surface area contributed by atoms with Crippen molar-refractivity contribution in [1.82, 2.24) is 44.3 Å². The van der Waals surface area contributed by atoms with Crippen LogP contribution in [0.25, 0.3) is 16.9 Å². The molecule has 4 aromatic carbocycles. The summed E-state index contributed by atoms with van der Waals surface area (Å²) in [6.07, 6.45) is 23.9. The first-order valence-corrected chi connectivity index (χ1v) is 40.4. The highest BCUT2D eigenvalue weighted by molar-refractivity contribution is 5.77. The summed E-state index contributed by atoms with van der Waals surface area (Å²) in [6.45, 7) is 31.6. The van der Waals surface area contributed by atoms with Crippen molar-refractivity contribution >= 4 is 62.5 Å². The normalized spacial score (nSPS) is 19.8. The molecule has 0 bridgehead atoms. The maximum atomic E-state index is 13.3. The molecule has 8 saturated heterocycles. The first-order valence-electron chi connectivity index (χ1n) is 40.4. The first-order chi connectivity index (χ1) is 53.3. The largest absolute Gasteiger partial charge is 0.870 e. The van der Waals surface area contributed by atoms with Crippen LogP contribution in [0, 0.1) is 36.7 Å². The van der Waals surface area contributed by atoms with Crippen molar-refractivity contribution in [3.8, 4) is 5.82 Å². The van der Waals surface area contributed by atoms with Gasteiger partial charge in [0.1, 0.15) is 11.0 Å². The number of pyridine rings is 1. The second-order valence-corrected chi connectivity index (χ2v) is 32.7. The number of nitrogen functional groups attached to an aromatic ring is 1. The van der Waals surface area contributed by atoms with Crippen LogP contribution in [-0.4, -0.2) is 220 Å². The zero-order valence-corrected chi connectivity index (χ0v) is 66.6. The van der Waals surface area contributed by atoms with Gasteiger partial charge >= 0.3 is 0 Å². The van der Waals surface area contributed by atoms with E-state index >= 15 is 0 Å². The van der Waals surface area contributed by atoms with Crippen LogP contribution in [0.1, 0.15) is 122 Å². The number of aromatic nitrogens is 5. The molecule has 7 N–H and O–H groups in total. The number of nitroso groups, excluding NO2 is 1. The molecule has 8 aliphatic heterocycles. The van der Waals surface area contributed by atoms with Crippen LogP contribution in [0.3, 0.4) is 0 Å². The number of allylic oxidation sites excluding steroid dienone is 1. The molecule has 0 unspecified atom stereocenters. The van der Waals surface area contributed by atoms with E-state index in [-0.39, 0.29) is 28.2 Å². The summed E-state index contributed by atoms with van der Waals surface area (Å²) < 4.78 is 18.8. The number of benzene rings is 4. The van der Waals surface area contributed by atoms with Gasteiger partial charge in [0.25, 0.3) is 16.9 Å². The zero-order chi connectivity index (χ0) is 77.1. The predicted octanol–water partition coefficient (Wildman–Crippen LogP) is 10.9. The lowest BCUT2D eigenvalue weighted by atomic mass is 9.71. The van der Waals surface area contributed by atoms with E-state index in [1.54, 1.807) is 82.5 Å². The van der Waals surface area contributed by atoms with Crippen molar-refractivity contribution < 1.29 is 34.9 Å². The van der Waals surface area contributed by atoms with E-state index in [1.807, 2.05) is 65.8 Å². The highest BCUT2D eigenvalue weighted by Gasteiger charge is 2.41. The Morgan fingerprint density at radius 2 is 0.964 bits per heavy atom. The van der Waals surface area contributed by atoms with Crippen LogP contribution >= 0.6 is 0 Å². The Morgan fingerprint density at radius 1 is 0.577 bits per heavy atom. The molecule has 111 heavy (non-hydrogen) atoms. The molecule has 3 aromatic heterocycles. The molecule has 0 saturated carbocycles. The summed E-state index contributed by atoms with van der Waals surface area (Å²) >= 11 is 0. The molecule has 0 radical (unpaired) electrons. The lowest BCUT2D eigenvalue weighted by molar-refractivity contribution is -0.384. The monoisotopic (exact) mass is 1530 g/mol. The average molecular weight is 1530 g/mol.